The van der Waals surface area contributed by atoms with Gasteiger partial charge in [0.25, 0.3) is 0 Å². The summed E-state index contributed by atoms with van der Waals surface area (Å²) in [6.07, 6.45) is 5.25. The molecule has 1 saturated carbocycles. The standard InChI is InChI=1S/C18H23ClN2O/c1-3-10-21(11-4-2)17(22)18(9-8-15(18)13-20)14-6-5-7-16(19)12-14/h3-7,12,15H,1-2,8-11,13,20H2/t15-,18+/m0/s1. The van der Waals surface area contributed by atoms with Crippen LogP contribution in [-0.2, 0) is 10.2 Å². The molecule has 1 fully saturated rings. The molecule has 1 amide bonds. The van der Waals surface area contributed by atoms with E-state index in [9.17, 15) is 4.79 Å². The highest BCUT2D eigenvalue weighted by atomic mass is 35.5. The summed E-state index contributed by atoms with van der Waals surface area (Å²) in [6.45, 7) is 8.99. The number of amides is 1. The van der Waals surface area contributed by atoms with Gasteiger partial charge >= 0.3 is 0 Å². The van der Waals surface area contributed by atoms with E-state index < -0.39 is 5.41 Å². The van der Waals surface area contributed by atoms with Gasteiger partial charge in [0.1, 0.15) is 0 Å². The first-order valence-electron chi connectivity index (χ1n) is 7.57. The summed E-state index contributed by atoms with van der Waals surface area (Å²) >= 11 is 6.14. The molecule has 2 N–H and O–H groups in total. The average molecular weight is 319 g/mol. The number of halogens is 1. The highest BCUT2D eigenvalue weighted by molar-refractivity contribution is 6.30. The van der Waals surface area contributed by atoms with Crippen molar-refractivity contribution in [1.29, 1.82) is 0 Å². The summed E-state index contributed by atoms with van der Waals surface area (Å²) in [5.41, 5.74) is 6.33. The van der Waals surface area contributed by atoms with Crippen molar-refractivity contribution in [3.05, 3.63) is 60.2 Å². The fourth-order valence-electron chi connectivity index (χ4n) is 3.34. The Morgan fingerprint density at radius 2 is 2.09 bits per heavy atom. The Morgan fingerprint density at radius 3 is 2.55 bits per heavy atom. The van der Waals surface area contributed by atoms with Crippen LogP contribution < -0.4 is 5.73 Å². The molecular formula is C18H23ClN2O. The molecule has 2 atom stereocenters. The minimum Gasteiger partial charge on any atom is -0.334 e. The lowest BCUT2D eigenvalue weighted by molar-refractivity contribution is -0.143. The van der Waals surface area contributed by atoms with E-state index >= 15 is 0 Å². The number of carbonyl (C=O) groups is 1. The molecule has 4 heteroatoms. The average Bonchev–Trinajstić information content (AvgIpc) is 2.47. The molecule has 3 nitrogen and oxygen atoms in total. The molecule has 0 saturated heterocycles. The minimum atomic E-state index is -0.564. The van der Waals surface area contributed by atoms with Gasteiger partial charge < -0.3 is 10.6 Å². The van der Waals surface area contributed by atoms with Gasteiger partial charge in [-0.2, -0.15) is 0 Å². The number of benzene rings is 1. The number of carbonyl (C=O) groups excluding carboxylic acids is 1. The molecule has 1 aromatic carbocycles. The van der Waals surface area contributed by atoms with Crippen molar-refractivity contribution in [2.24, 2.45) is 11.7 Å². The molecule has 118 valence electrons. The lowest BCUT2D eigenvalue weighted by Gasteiger charge is -2.50. The molecule has 22 heavy (non-hydrogen) atoms. The Morgan fingerprint density at radius 1 is 1.41 bits per heavy atom. The largest absolute Gasteiger partial charge is 0.334 e. The van der Waals surface area contributed by atoms with Crippen molar-refractivity contribution >= 4 is 17.5 Å². The normalized spacial score (nSPS) is 23.5. The Labute approximate surface area is 137 Å². The first-order valence-corrected chi connectivity index (χ1v) is 7.95. The van der Waals surface area contributed by atoms with Crippen LogP contribution >= 0.6 is 11.6 Å². The molecule has 0 heterocycles. The van der Waals surface area contributed by atoms with Crippen molar-refractivity contribution in [1.82, 2.24) is 4.90 Å². The van der Waals surface area contributed by atoms with Gasteiger partial charge in [0, 0.05) is 18.1 Å². The van der Waals surface area contributed by atoms with Crippen LogP contribution in [0, 0.1) is 5.92 Å². The van der Waals surface area contributed by atoms with Crippen LogP contribution in [0.1, 0.15) is 18.4 Å². The predicted molar refractivity (Wildman–Crippen MR) is 91.9 cm³/mol. The number of hydrogen-bond acceptors (Lipinski definition) is 2. The summed E-state index contributed by atoms with van der Waals surface area (Å²) < 4.78 is 0. The zero-order valence-corrected chi connectivity index (χ0v) is 13.6. The molecule has 0 aromatic heterocycles. The van der Waals surface area contributed by atoms with Crippen LogP contribution in [0.4, 0.5) is 0 Å². The summed E-state index contributed by atoms with van der Waals surface area (Å²) in [6, 6.07) is 7.58. The van der Waals surface area contributed by atoms with E-state index in [0.717, 1.165) is 18.4 Å². The molecule has 1 aliphatic carbocycles. The summed E-state index contributed by atoms with van der Waals surface area (Å²) in [5.74, 6) is 0.242. The van der Waals surface area contributed by atoms with Crippen LogP contribution in [0.15, 0.2) is 49.6 Å². The van der Waals surface area contributed by atoms with Crippen molar-refractivity contribution in [2.45, 2.75) is 18.3 Å². The maximum atomic E-state index is 13.2. The van der Waals surface area contributed by atoms with E-state index in [1.54, 1.807) is 17.1 Å². The maximum absolute atomic E-state index is 13.2. The Balaban J connectivity index is 2.43. The van der Waals surface area contributed by atoms with Crippen molar-refractivity contribution in [3.63, 3.8) is 0 Å². The molecule has 0 aliphatic heterocycles. The van der Waals surface area contributed by atoms with Gasteiger partial charge in [0.05, 0.1) is 5.41 Å². The van der Waals surface area contributed by atoms with E-state index in [0.29, 0.717) is 24.7 Å². The van der Waals surface area contributed by atoms with E-state index in [4.69, 9.17) is 17.3 Å². The third-order valence-corrected chi connectivity index (χ3v) is 4.81. The first kappa shape index (κ1) is 16.8. The van der Waals surface area contributed by atoms with Crippen molar-refractivity contribution in [3.8, 4) is 0 Å². The van der Waals surface area contributed by atoms with E-state index in [1.165, 1.54) is 0 Å². The lowest BCUT2D eigenvalue weighted by Crippen LogP contribution is -2.58. The second kappa shape index (κ2) is 7.12. The van der Waals surface area contributed by atoms with Gasteiger partial charge in [0.2, 0.25) is 5.91 Å². The molecule has 1 aliphatic rings. The molecule has 1 aromatic rings. The van der Waals surface area contributed by atoms with Crippen LogP contribution in [0.25, 0.3) is 0 Å². The van der Waals surface area contributed by atoms with Crippen LogP contribution in [0.5, 0.6) is 0 Å². The van der Waals surface area contributed by atoms with Crippen molar-refractivity contribution < 1.29 is 4.79 Å². The van der Waals surface area contributed by atoms with Gasteiger partial charge in [-0.3, -0.25) is 4.79 Å². The zero-order chi connectivity index (χ0) is 16.2. The number of nitrogens with two attached hydrogens (primary N) is 1. The molecule has 2 rings (SSSR count). The van der Waals surface area contributed by atoms with Gasteiger partial charge in [-0.25, -0.2) is 0 Å². The topological polar surface area (TPSA) is 46.3 Å². The van der Waals surface area contributed by atoms with Gasteiger partial charge in [0.15, 0.2) is 0 Å². The fourth-order valence-corrected chi connectivity index (χ4v) is 3.53. The van der Waals surface area contributed by atoms with Crippen LogP contribution in [0.3, 0.4) is 0 Å². The fraction of sp³-hybridized carbons (Fsp3) is 0.389. The summed E-state index contributed by atoms with van der Waals surface area (Å²) in [5, 5.41) is 0.645. The minimum absolute atomic E-state index is 0.0938. The molecule has 0 spiro atoms. The Bertz CT molecular complexity index is 560. The smallest absolute Gasteiger partial charge is 0.234 e. The quantitative estimate of drug-likeness (QED) is 0.785. The lowest BCUT2D eigenvalue weighted by atomic mass is 9.55. The van der Waals surface area contributed by atoms with Gasteiger partial charge in [-0.05, 0) is 43.0 Å². The molecule has 0 bridgehead atoms. The summed E-state index contributed by atoms with van der Waals surface area (Å²) in [4.78, 5) is 15.0. The van der Waals surface area contributed by atoms with E-state index in [-0.39, 0.29) is 11.8 Å². The third kappa shape index (κ3) is 2.83. The number of hydrogen-bond donors (Lipinski definition) is 1. The zero-order valence-electron chi connectivity index (χ0n) is 12.8. The second-order valence-electron chi connectivity index (χ2n) is 5.74. The Hall–Kier alpha value is -1.58. The van der Waals surface area contributed by atoms with Gasteiger partial charge in [-0.1, -0.05) is 35.9 Å². The highest BCUT2D eigenvalue weighted by Gasteiger charge is 2.54. The monoisotopic (exact) mass is 318 g/mol. The van der Waals surface area contributed by atoms with E-state index in [1.807, 2.05) is 24.3 Å². The summed E-state index contributed by atoms with van der Waals surface area (Å²) in [7, 11) is 0. The third-order valence-electron chi connectivity index (χ3n) is 4.58. The number of nitrogens with zero attached hydrogens (tertiary/aromatic N) is 1. The van der Waals surface area contributed by atoms with Crippen LogP contribution in [-0.4, -0.2) is 30.4 Å². The molecular weight excluding hydrogens is 296 g/mol. The molecule has 0 radical (unpaired) electrons. The predicted octanol–water partition coefficient (Wildman–Crippen LogP) is 3.15. The first-order chi connectivity index (χ1) is 10.6. The Kier molecular flexibility index (Phi) is 5.43. The highest BCUT2D eigenvalue weighted by Crippen LogP contribution is 2.50. The molecule has 0 unspecified atom stereocenters. The number of rotatable bonds is 7. The van der Waals surface area contributed by atoms with Crippen LogP contribution in [0.2, 0.25) is 5.02 Å². The van der Waals surface area contributed by atoms with Crippen molar-refractivity contribution in [2.75, 3.05) is 19.6 Å². The van der Waals surface area contributed by atoms with Gasteiger partial charge in [-0.15, -0.1) is 13.2 Å². The van der Waals surface area contributed by atoms with E-state index in [2.05, 4.69) is 13.2 Å². The SMILES string of the molecule is C=CCN(CC=C)C(=O)[C@@]1(c2cccc(Cl)c2)CC[C@H]1CN. The maximum Gasteiger partial charge on any atom is 0.234 e. The second-order valence-corrected chi connectivity index (χ2v) is 6.18.